The largest absolute Gasteiger partial charge is 0.489 e. The molecule has 0 unspecified atom stereocenters. The molecule has 0 saturated heterocycles. The van der Waals surface area contributed by atoms with Crippen LogP contribution in [0.3, 0.4) is 0 Å². The van der Waals surface area contributed by atoms with E-state index in [1.54, 1.807) is 18.2 Å². The molecule has 0 aliphatic carbocycles. The number of carbonyl (C=O) groups excluding carboxylic acids is 1. The van der Waals surface area contributed by atoms with Crippen LogP contribution in [0, 0.1) is 0 Å². The molecule has 0 saturated carbocycles. The number of hydrogen-bond acceptors (Lipinski definition) is 5. The molecule has 2 aromatic carbocycles. The molecule has 0 atom stereocenters. The van der Waals surface area contributed by atoms with E-state index in [4.69, 9.17) is 16.3 Å². The number of rotatable bonds is 6. The fourth-order valence-electron chi connectivity index (χ4n) is 2.29. The Bertz CT molecular complexity index is 912. The first-order valence-electron chi connectivity index (χ1n) is 8.43. The third-order valence-corrected chi connectivity index (χ3v) is 3.76. The number of nitrogens with zero attached hydrogens (tertiary/aromatic N) is 2. The van der Waals surface area contributed by atoms with Crippen LogP contribution in [0.15, 0.2) is 60.9 Å². The number of para-hydroxylation sites is 2. The van der Waals surface area contributed by atoms with Crippen LogP contribution in [0.1, 0.15) is 24.2 Å². The van der Waals surface area contributed by atoms with E-state index >= 15 is 0 Å². The Morgan fingerprint density at radius 1 is 1.04 bits per heavy atom. The van der Waals surface area contributed by atoms with Gasteiger partial charge in [-0.25, -0.2) is 9.97 Å². The summed E-state index contributed by atoms with van der Waals surface area (Å²) in [6.45, 7) is 3.86. The molecule has 0 spiro atoms. The summed E-state index contributed by atoms with van der Waals surface area (Å²) in [5.74, 6) is 0.688. The smallest absolute Gasteiger partial charge is 0.258 e. The molecule has 3 rings (SSSR count). The molecular formula is C20H19ClN4O2. The molecular weight excluding hydrogens is 364 g/mol. The van der Waals surface area contributed by atoms with Gasteiger partial charge in [-0.1, -0.05) is 23.7 Å². The summed E-state index contributed by atoms with van der Waals surface area (Å²) in [4.78, 5) is 20.8. The normalized spacial score (nSPS) is 10.5. The highest BCUT2D eigenvalue weighted by Gasteiger charge is 2.12. The van der Waals surface area contributed by atoms with Gasteiger partial charge in [0.15, 0.2) is 0 Å². The number of carbonyl (C=O) groups is 1. The Morgan fingerprint density at radius 3 is 2.37 bits per heavy atom. The number of anilines is 3. The summed E-state index contributed by atoms with van der Waals surface area (Å²) in [5.41, 5.74) is 1.74. The lowest BCUT2D eigenvalue weighted by Crippen LogP contribution is -2.15. The lowest BCUT2D eigenvalue weighted by Gasteiger charge is -2.14. The standard InChI is InChI=1S/C20H19ClN4O2/c1-13(2)27-18-6-4-3-5-17(18)25-19(26)14-11-22-20(23-12-14)24-16-9-7-15(21)8-10-16/h3-13H,1-2H3,(H,25,26)(H,22,23,24). The van der Waals surface area contributed by atoms with Gasteiger partial charge in [0.2, 0.25) is 5.95 Å². The second-order valence-electron chi connectivity index (χ2n) is 6.04. The molecule has 0 aliphatic rings. The van der Waals surface area contributed by atoms with Crippen molar-refractivity contribution in [2.45, 2.75) is 20.0 Å². The van der Waals surface area contributed by atoms with E-state index in [2.05, 4.69) is 20.6 Å². The summed E-state index contributed by atoms with van der Waals surface area (Å²) in [7, 11) is 0. The summed E-state index contributed by atoms with van der Waals surface area (Å²) in [6.07, 6.45) is 2.93. The van der Waals surface area contributed by atoms with Crippen LogP contribution in [0.25, 0.3) is 0 Å². The van der Waals surface area contributed by atoms with E-state index in [1.807, 2.05) is 44.2 Å². The zero-order valence-corrected chi connectivity index (χ0v) is 15.7. The molecule has 7 heteroatoms. The van der Waals surface area contributed by atoms with Crippen molar-refractivity contribution in [1.82, 2.24) is 9.97 Å². The van der Waals surface area contributed by atoms with Crippen LogP contribution in [0.2, 0.25) is 5.02 Å². The van der Waals surface area contributed by atoms with Crippen LogP contribution in [0.5, 0.6) is 5.75 Å². The molecule has 0 aliphatic heterocycles. The van der Waals surface area contributed by atoms with Gasteiger partial charge in [0.05, 0.1) is 17.4 Å². The van der Waals surface area contributed by atoms with Gasteiger partial charge >= 0.3 is 0 Å². The summed E-state index contributed by atoms with van der Waals surface area (Å²) >= 11 is 5.86. The first-order valence-corrected chi connectivity index (χ1v) is 8.81. The molecule has 3 aromatic rings. The first kappa shape index (κ1) is 18.7. The second kappa shape index (κ2) is 8.51. The predicted molar refractivity (Wildman–Crippen MR) is 107 cm³/mol. The average Bonchev–Trinajstić information content (AvgIpc) is 2.65. The lowest BCUT2D eigenvalue weighted by molar-refractivity contribution is 0.102. The summed E-state index contributed by atoms with van der Waals surface area (Å²) < 4.78 is 5.71. The maximum atomic E-state index is 12.5. The number of amides is 1. The van der Waals surface area contributed by atoms with E-state index in [1.165, 1.54) is 12.4 Å². The van der Waals surface area contributed by atoms with Crippen molar-refractivity contribution >= 4 is 34.8 Å². The van der Waals surface area contributed by atoms with Crippen molar-refractivity contribution in [3.63, 3.8) is 0 Å². The highest BCUT2D eigenvalue weighted by Crippen LogP contribution is 2.25. The van der Waals surface area contributed by atoms with Crippen molar-refractivity contribution in [3.8, 4) is 5.75 Å². The van der Waals surface area contributed by atoms with Crippen LogP contribution in [-0.2, 0) is 0 Å². The Balaban J connectivity index is 1.68. The van der Waals surface area contributed by atoms with Crippen molar-refractivity contribution in [2.24, 2.45) is 0 Å². The zero-order valence-electron chi connectivity index (χ0n) is 14.9. The fraction of sp³-hybridized carbons (Fsp3) is 0.150. The summed E-state index contributed by atoms with van der Waals surface area (Å²) in [6, 6.07) is 14.4. The van der Waals surface area contributed by atoms with E-state index in [0.29, 0.717) is 28.0 Å². The van der Waals surface area contributed by atoms with E-state index < -0.39 is 0 Å². The molecule has 6 nitrogen and oxygen atoms in total. The third-order valence-electron chi connectivity index (χ3n) is 3.51. The summed E-state index contributed by atoms with van der Waals surface area (Å²) in [5, 5.41) is 6.52. The highest BCUT2D eigenvalue weighted by molar-refractivity contribution is 6.30. The van der Waals surface area contributed by atoms with Gasteiger partial charge in [-0.3, -0.25) is 4.79 Å². The van der Waals surface area contributed by atoms with E-state index in [-0.39, 0.29) is 12.0 Å². The molecule has 0 fully saturated rings. The minimum Gasteiger partial charge on any atom is -0.489 e. The number of halogens is 1. The maximum absolute atomic E-state index is 12.5. The maximum Gasteiger partial charge on any atom is 0.258 e. The Morgan fingerprint density at radius 2 is 1.70 bits per heavy atom. The van der Waals surface area contributed by atoms with Crippen LogP contribution >= 0.6 is 11.6 Å². The van der Waals surface area contributed by atoms with Gasteiger partial charge in [0.1, 0.15) is 5.75 Å². The highest BCUT2D eigenvalue weighted by atomic mass is 35.5. The van der Waals surface area contributed by atoms with Crippen molar-refractivity contribution < 1.29 is 9.53 Å². The van der Waals surface area contributed by atoms with Crippen molar-refractivity contribution in [1.29, 1.82) is 0 Å². The number of ether oxygens (including phenoxy) is 1. The molecule has 138 valence electrons. The number of aromatic nitrogens is 2. The first-order chi connectivity index (χ1) is 13.0. The van der Waals surface area contributed by atoms with E-state index in [0.717, 1.165) is 5.69 Å². The number of benzene rings is 2. The van der Waals surface area contributed by atoms with Crippen LogP contribution < -0.4 is 15.4 Å². The minimum atomic E-state index is -0.312. The molecule has 0 bridgehead atoms. The second-order valence-corrected chi connectivity index (χ2v) is 6.48. The number of hydrogen-bond donors (Lipinski definition) is 2. The average molecular weight is 383 g/mol. The SMILES string of the molecule is CC(C)Oc1ccccc1NC(=O)c1cnc(Nc2ccc(Cl)cc2)nc1. The van der Waals surface area contributed by atoms with Gasteiger partial charge in [-0.15, -0.1) is 0 Å². The Labute approximate surface area is 162 Å². The van der Waals surface area contributed by atoms with Gasteiger partial charge in [-0.05, 0) is 50.2 Å². The molecule has 2 N–H and O–H groups in total. The Hall–Kier alpha value is -3.12. The minimum absolute atomic E-state index is 0.00427. The van der Waals surface area contributed by atoms with Crippen LogP contribution in [-0.4, -0.2) is 22.0 Å². The predicted octanol–water partition coefficient (Wildman–Crippen LogP) is 4.91. The quantitative estimate of drug-likeness (QED) is 0.633. The molecule has 27 heavy (non-hydrogen) atoms. The monoisotopic (exact) mass is 382 g/mol. The fourth-order valence-corrected chi connectivity index (χ4v) is 2.42. The van der Waals surface area contributed by atoms with Gasteiger partial charge in [-0.2, -0.15) is 0 Å². The zero-order chi connectivity index (χ0) is 19.2. The molecule has 1 aromatic heterocycles. The van der Waals surface area contributed by atoms with Gasteiger partial charge in [0, 0.05) is 23.1 Å². The Kier molecular flexibility index (Phi) is 5.88. The third kappa shape index (κ3) is 5.18. The van der Waals surface area contributed by atoms with Gasteiger partial charge < -0.3 is 15.4 Å². The molecule has 1 amide bonds. The van der Waals surface area contributed by atoms with Crippen LogP contribution in [0.4, 0.5) is 17.3 Å². The topological polar surface area (TPSA) is 76.1 Å². The van der Waals surface area contributed by atoms with Gasteiger partial charge in [0.25, 0.3) is 5.91 Å². The van der Waals surface area contributed by atoms with E-state index in [9.17, 15) is 4.79 Å². The van der Waals surface area contributed by atoms with Crippen molar-refractivity contribution in [3.05, 3.63) is 71.5 Å². The number of nitrogens with one attached hydrogen (secondary N) is 2. The van der Waals surface area contributed by atoms with Crippen molar-refractivity contribution in [2.75, 3.05) is 10.6 Å². The molecule has 0 radical (unpaired) electrons. The molecule has 1 heterocycles. The lowest BCUT2D eigenvalue weighted by atomic mass is 10.2.